The van der Waals surface area contributed by atoms with Gasteiger partial charge in [0.15, 0.2) is 18.4 Å². The largest absolute Gasteiger partial charge is 0.748 e. The molecule has 0 aliphatic carbocycles. The molecule has 0 fully saturated rings. The highest BCUT2D eigenvalue weighted by molar-refractivity contribution is 7.85. The predicted octanol–water partition coefficient (Wildman–Crippen LogP) is -0.254. The van der Waals surface area contributed by atoms with Crippen molar-refractivity contribution in [1.82, 2.24) is 10.1 Å². The van der Waals surface area contributed by atoms with Crippen LogP contribution in [0.2, 0.25) is 0 Å². The summed E-state index contributed by atoms with van der Waals surface area (Å²) in [5.41, 5.74) is 0.544. The Bertz CT molecular complexity index is 753. The number of ether oxygens (including phenoxy) is 1. The van der Waals surface area contributed by atoms with Gasteiger partial charge in [0.1, 0.15) is 22.6 Å². The lowest BCUT2D eigenvalue weighted by Crippen LogP contribution is -2.40. The van der Waals surface area contributed by atoms with Crippen molar-refractivity contribution in [2.24, 2.45) is 0 Å². The van der Waals surface area contributed by atoms with Gasteiger partial charge in [-0.1, -0.05) is 4.68 Å². The predicted molar refractivity (Wildman–Crippen MR) is 70.4 cm³/mol. The summed E-state index contributed by atoms with van der Waals surface area (Å²) >= 11 is 0. The molecule has 2 aromatic heterocycles. The zero-order chi connectivity index (χ0) is 16.2. The molecule has 0 aromatic carbocycles. The van der Waals surface area contributed by atoms with E-state index < -0.39 is 21.8 Å². The van der Waals surface area contributed by atoms with E-state index >= 15 is 0 Å². The van der Waals surface area contributed by atoms with E-state index in [4.69, 9.17) is 9.15 Å². The van der Waals surface area contributed by atoms with Gasteiger partial charge in [-0.25, -0.2) is 18.2 Å². The highest BCUT2D eigenvalue weighted by Crippen LogP contribution is 2.16. The standard InChI is InChI=1S/C12H13N3O6S/c1-2-20-12(16)10-8-21-11(14-10)9-3-4-15(13-7-9)5-6-22(17,18)19/h3-4,7-8H,2,5-6H2,1H3. The molecule has 0 N–H and O–H groups in total. The summed E-state index contributed by atoms with van der Waals surface area (Å²) in [6, 6.07) is 1.57. The molecule has 10 heteroatoms. The maximum atomic E-state index is 11.5. The van der Waals surface area contributed by atoms with Crippen LogP contribution < -0.4 is 4.68 Å². The summed E-state index contributed by atoms with van der Waals surface area (Å²) in [7, 11) is -4.29. The zero-order valence-electron chi connectivity index (χ0n) is 11.6. The minimum Gasteiger partial charge on any atom is -0.748 e. The van der Waals surface area contributed by atoms with E-state index in [9.17, 15) is 17.8 Å². The van der Waals surface area contributed by atoms with Crippen LogP contribution in [0.5, 0.6) is 0 Å². The first-order valence-electron chi connectivity index (χ1n) is 6.31. The average Bonchev–Trinajstić information content (AvgIpc) is 2.95. The molecule has 0 radical (unpaired) electrons. The van der Waals surface area contributed by atoms with E-state index in [0.717, 1.165) is 0 Å². The number of nitrogens with zero attached hydrogens (tertiary/aromatic N) is 3. The van der Waals surface area contributed by atoms with Crippen molar-refractivity contribution < 1.29 is 31.6 Å². The maximum Gasteiger partial charge on any atom is 0.360 e. The second kappa shape index (κ2) is 6.62. The van der Waals surface area contributed by atoms with Gasteiger partial charge in [0.2, 0.25) is 5.89 Å². The Labute approximate surface area is 126 Å². The van der Waals surface area contributed by atoms with Crippen molar-refractivity contribution >= 4 is 16.1 Å². The third-order valence-electron chi connectivity index (χ3n) is 2.58. The van der Waals surface area contributed by atoms with Crippen LogP contribution in [-0.4, -0.2) is 41.4 Å². The van der Waals surface area contributed by atoms with Crippen molar-refractivity contribution in [3.8, 4) is 11.5 Å². The first kappa shape index (κ1) is 16.0. The quantitative estimate of drug-likeness (QED) is 0.404. The molecular formula is C12H13N3O6S. The lowest BCUT2D eigenvalue weighted by atomic mass is 10.3. The SMILES string of the molecule is CCOC(=O)c1coc(-c2cc[n+](CCS(=O)(=O)[O-])nc2)n1. The van der Waals surface area contributed by atoms with E-state index in [1.54, 1.807) is 13.0 Å². The number of hydrogen-bond acceptors (Lipinski definition) is 8. The van der Waals surface area contributed by atoms with E-state index in [0.29, 0.717) is 5.56 Å². The average molecular weight is 327 g/mol. The third kappa shape index (κ3) is 4.33. The Morgan fingerprint density at radius 1 is 1.50 bits per heavy atom. The van der Waals surface area contributed by atoms with Crippen LogP contribution in [0.1, 0.15) is 17.4 Å². The van der Waals surface area contributed by atoms with Crippen LogP contribution in [0.15, 0.2) is 29.1 Å². The first-order chi connectivity index (χ1) is 10.4. The summed E-state index contributed by atoms with van der Waals surface area (Å²) in [4.78, 5) is 15.4. The molecule has 22 heavy (non-hydrogen) atoms. The van der Waals surface area contributed by atoms with E-state index in [1.807, 2.05) is 0 Å². The molecule has 0 aliphatic rings. The van der Waals surface area contributed by atoms with Crippen LogP contribution >= 0.6 is 0 Å². The lowest BCUT2D eigenvalue weighted by molar-refractivity contribution is -0.750. The van der Waals surface area contributed by atoms with Crippen molar-refractivity contribution in [2.75, 3.05) is 12.4 Å². The Morgan fingerprint density at radius 2 is 2.27 bits per heavy atom. The van der Waals surface area contributed by atoms with Crippen LogP contribution in [-0.2, 0) is 21.4 Å². The van der Waals surface area contributed by atoms with Gasteiger partial charge in [0, 0.05) is 6.07 Å². The fourth-order valence-electron chi connectivity index (χ4n) is 1.55. The maximum absolute atomic E-state index is 11.5. The number of carbonyl (C=O) groups excluding carboxylic acids is 1. The topological polar surface area (TPSA) is 126 Å². The Balaban J connectivity index is 2.09. The molecular weight excluding hydrogens is 314 g/mol. The number of rotatable bonds is 6. The van der Waals surface area contributed by atoms with Gasteiger partial charge in [0.05, 0.1) is 17.9 Å². The van der Waals surface area contributed by atoms with Gasteiger partial charge in [-0.05, 0) is 12.0 Å². The molecule has 0 unspecified atom stereocenters. The zero-order valence-corrected chi connectivity index (χ0v) is 12.4. The van der Waals surface area contributed by atoms with Gasteiger partial charge >= 0.3 is 5.97 Å². The van der Waals surface area contributed by atoms with E-state index in [1.165, 1.54) is 23.3 Å². The first-order valence-corrected chi connectivity index (χ1v) is 7.89. The summed E-state index contributed by atoms with van der Waals surface area (Å²) in [5, 5.41) is 3.95. The Hall–Kier alpha value is -2.33. The van der Waals surface area contributed by atoms with Crippen LogP contribution in [0.3, 0.4) is 0 Å². The van der Waals surface area contributed by atoms with Gasteiger partial charge in [-0.15, -0.1) is 0 Å². The lowest BCUT2D eigenvalue weighted by Gasteiger charge is -2.02. The fourth-order valence-corrected chi connectivity index (χ4v) is 1.96. The molecule has 0 atom stereocenters. The van der Waals surface area contributed by atoms with E-state index in [2.05, 4.69) is 10.1 Å². The van der Waals surface area contributed by atoms with Crippen molar-refractivity contribution in [3.05, 3.63) is 30.4 Å². The monoisotopic (exact) mass is 327 g/mol. The Morgan fingerprint density at radius 3 is 2.86 bits per heavy atom. The summed E-state index contributed by atoms with van der Waals surface area (Å²) in [6.45, 7) is 1.86. The summed E-state index contributed by atoms with van der Waals surface area (Å²) < 4.78 is 42.9. The molecule has 2 heterocycles. The molecule has 118 valence electrons. The number of oxazole rings is 1. The third-order valence-corrected chi connectivity index (χ3v) is 3.26. The van der Waals surface area contributed by atoms with Crippen molar-refractivity contribution in [1.29, 1.82) is 0 Å². The van der Waals surface area contributed by atoms with Crippen molar-refractivity contribution in [3.63, 3.8) is 0 Å². The molecule has 9 nitrogen and oxygen atoms in total. The number of aromatic nitrogens is 3. The smallest absolute Gasteiger partial charge is 0.360 e. The second-order valence-electron chi connectivity index (χ2n) is 4.20. The minimum absolute atomic E-state index is 0.0472. The van der Waals surface area contributed by atoms with E-state index in [-0.39, 0.29) is 24.7 Å². The van der Waals surface area contributed by atoms with Gasteiger partial charge in [-0.3, -0.25) is 0 Å². The van der Waals surface area contributed by atoms with Gasteiger partial charge in [0.25, 0.3) is 0 Å². The second-order valence-corrected chi connectivity index (χ2v) is 5.72. The molecule has 0 bridgehead atoms. The highest BCUT2D eigenvalue weighted by atomic mass is 32.2. The van der Waals surface area contributed by atoms with Crippen LogP contribution in [0.4, 0.5) is 0 Å². The number of hydrogen-bond donors (Lipinski definition) is 0. The number of esters is 1. The minimum atomic E-state index is -4.29. The Kier molecular flexibility index (Phi) is 4.83. The molecule has 2 rings (SSSR count). The molecule has 0 spiro atoms. The highest BCUT2D eigenvalue weighted by Gasteiger charge is 2.15. The van der Waals surface area contributed by atoms with Crippen molar-refractivity contribution in [2.45, 2.75) is 13.5 Å². The summed E-state index contributed by atoms with van der Waals surface area (Å²) in [6.07, 6.45) is 4.05. The van der Waals surface area contributed by atoms with Crippen LogP contribution in [0.25, 0.3) is 11.5 Å². The van der Waals surface area contributed by atoms with Gasteiger partial charge in [-0.2, -0.15) is 0 Å². The van der Waals surface area contributed by atoms with Gasteiger partial charge < -0.3 is 13.7 Å². The normalized spacial score (nSPS) is 11.4. The number of carbonyl (C=O) groups is 1. The molecule has 0 saturated carbocycles. The molecule has 0 amide bonds. The fraction of sp³-hybridized carbons (Fsp3) is 0.333. The molecule has 0 aliphatic heterocycles. The molecule has 2 aromatic rings. The number of aryl methyl sites for hydroxylation is 1. The summed E-state index contributed by atoms with van der Waals surface area (Å²) in [5.74, 6) is -0.952. The van der Waals surface area contributed by atoms with Crippen LogP contribution in [0, 0.1) is 0 Å². The molecule has 0 saturated heterocycles.